The molecule has 1 aromatic rings. The first kappa shape index (κ1) is 12.2. The monoisotopic (exact) mass is 244 g/mol. The summed E-state index contributed by atoms with van der Waals surface area (Å²) in [5, 5.41) is 0. The summed E-state index contributed by atoms with van der Waals surface area (Å²) < 4.78 is 0. The van der Waals surface area contributed by atoms with Crippen molar-refractivity contribution >= 4 is 0 Å². The number of nitrogens with zero attached hydrogens (tertiary/aromatic N) is 2. The van der Waals surface area contributed by atoms with Crippen molar-refractivity contribution in [1.29, 1.82) is 0 Å². The first-order valence-corrected chi connectivity index (χ1v) is 7.32. The van der Waals surface area contributed by atoms with Gasteiger partial charge in [-0.3, -0.25) is 4.90 Å². The van der Waals surface area contributed by atoms with E-state index in [-0.39, 0.29) is 0 Å². The first-order valence-electron chi connectivity index (χ1n) is 7.32. The minimum atomic E-state index is 0.835. The van der Waals surface area contributed by atoms with Crippen LogP contribution in [-0.4, -0.2) is 42.5 Å². The molecule has 1 aromatic carbocycles. The van der Waals surface area contributed by atoms with E-state index in [0.29, 0.717) is 0 Å². The second-order valence-electron chi connectivity index (χ2n) is 5.86. The smallest absolute Gasteiger partial charge is 0.0236 e. The van der Waals surface area contributed by atoms with Crippen molar-refractivity contribution in [2.75, 3.05) is 26.7 Å². The Morgan fingerprint density at radius 2 is 2.00 bits per heavy atom. The number of likely N-dealkylation sites (tertiary alicyclic amines) is 1. The molecular weight excluding hydrogens is 220 g/mol. The predicted molar refractivity (Wildman–Crippen MR) is 75.7 cm³/mol. The molecule has 2 aliphatic rings. The van der Waals surface area contributed by atoms with Crippen molar-refractivity contribution in [1.82, 2.24) is 9.80 Å². The molecule has 2 heterocycles. The molecule has 1 atom stereocenters. The van der Waals surface area contributed by atoms with Crippen LogP contribution in [0.2, 0.25) is 0 Å². The lowest BCUT2D eigenvalue weighted by molar-refractivity contribution is 0.211. The van der Waals surface area contributed by atoms with E-state index in [4.69, 9.17) is 0 Å². The van der Waals surface area contributed by atoms with Gasteiger partial charge in [-0.05, 0) is 56.9 Å². The van der Waals surface area contributed by atoms with Gasteiger partial charge >= 0.3 is 0 Å². The highest BCUT2D eigenvalue weighted by Gasteiger charge is 2.22. The summed E-state index contributed by atoms with van der Waals surface area (Å²) in [7, 11) is 2.28. The SMILES string of the molecule is CN1CCCC1CCN1CCc2ccccc2C1. The minimum Gasteiger partial charge on any atom is -0.303 e. The Hall–Kier alpha value is -0.860. The zero-order chi connectivity index (χ0) is 12.4. The van der Waals surface area contributed by atoms with Gasteiger partial charge in [0.05, 0.1) is 0 Å². The van der Waals surface area contributed by atoms with Crippen LogP contribution in [0, 0.1) is 0 Å². The Balaban J connectivity index is 1.53. The van der Waals surface area contributed by atoms with Gasteiger partial charge in [0, 0.05) is 19.1 Å². The predicted octanol–water partition coefficient (Wildman–Crippen LogP) is 2.53. The molecule has 98 valence electrons. The average Bonchev–Trinajstić information content (AvgIpc) is 2.82. The van der Waals surface area contributed by atoms with Crippen molar-refractivity contribution in [3.05, 3.63) is 35.4 Å². The summed E-state index contributed by atoms with van der Waals surface area (Å²) in [5.41, 5.74) is 3.11. The van der Waals surface area contributed by atoms with Crippen molar-refractivity contribution in [2.45, 2.75) is 38.3 Å². The molecule has 0 saturated carbocycles. The van der Waals surface area contributed by atoms with E-state index in [9.17, 15) is 0 Å². The van der Waals surface area contributed by atoms with E-state index in [2.05, 4.69) is 41.1 Å². The van der Waals surface area contributed by atoms with Crippen LogP contribution in [0.5, 0.6) is 0 Å². The highest BCUT2D eigenvalue weighted by molar-refractivity contribution is 5.28. The molecule has 0 aliphatic carbocycles. The van der Waals surface area contributed by atoms with Crippen LogP contribution in [0.25, 0.3) is 0 Å². The molecular formula is C16H24N2. The summed E-state index contributed by atoms with van der Waals surface area (Å²) in [6, 6.07) is 9.76. The van der Waals surface area contributed by atoms with Crippen LogP contribution in [-0.2, 0) is 13.0 Å². The highest BCUT2D eigenvalue weighted by atomic mass is 15.2. The summed E-state index contributed by atoms with van der Waals surface area (Å²) in [6.07, 6.45) is 5.38. The van der Waals surface area contributed by atoms with E-state index in [1.165, 1.54) is 45.3 Å². The number of benzene rings is 1. The molecule has 1 unspecified atom stereocenters. The number of hydrogen-bond donors (Lipinski definition) is 0. The molecule has 1 fully saturated rings. The van der Waals surface area contributed by atoms with Gasteiger partial charge < -0.3 is 4.90 Å². The fraction of sp³-hybridized carbons (Fsp3) is 0.625. The molecule has 0 aromatic heterocycles. The van der Waals surface area contributed by atoms with E-state index in [1.807, 2.05) is 0 Å². The molecule has 2 nitrogen and oxygen atoms in total. The summed E-state index contributed by atoms with van der Waals surface area (Å²) in [6.45, 7) is 4.97. The summed E-state index contributed by atoms with van der Waals surface area (Å²) >= 11 is 0. The summed E-state index contributed by atoms with van der Waals surface area (Å²) in [4.78, 5) is 5.17. The molecule has 2 aliphatic heterocycles. The molecule has 0 amide bonds. The van der Waals surface area contributed by atoms with Crippen molar-refractivity contribution in [3.8, 4) is 0 Å². The Morgan fingerprint density at radius 1 is 1.17 bits per heavy atom. The quantitative estimate of drug-likeness (QED) is 0.806. The maximum absolute atomic E-state index is 2.63. The number of hydrogen-bond acceptors (Lipinski definition) is 2. The highest BCUT2D eigenvalue weighted by Crippen LogP contribution is 2.21. The third kappa shape index (κ3) is 2.60. The van der Waals surface area contributed by atoms with Crippen molar-refractivity contribution in [2.24, 2.45) is 0 Å². The fourth-order valence-corrected chi connectivity index (χ4v) is 3.42. The topological polar surface area (TPSA) is 6.48 Å². The maximum atomic E-state index is 2.63. The van der Waals surface area contributed by atoms with Gasteiger partial charge in [-0.15, -0.1) is 0 Å². The lowest BCUT2D eigenvalue weighted by Gasteiger charge is -2.30. The number of fused-ring (bicyclic) bond motifs is 1. The third-order valence-corrected chi connectivity index (χ3v) is 4.66. The minimum absolute atomic E-state index is 0.835. The average molecular weight is 244 g/mol. The van der Waals surface area contributed by atoms with Crippen LogP contribution in [0.4, 0.5) is 0 Å². The molecule has 2 heteroatoms. The van der Waals surface area contributed by atoms with Crippen molar-refractivity contribution < 1.29 is 0 Å². The van der Waals surface area contributed by atoms with Gasteiger partial charge in [0.15, 0.2) is 0 Å². The lowest BCUT2D eigenvalue weighted by Crippen LogP contribution is -2.35. The van der Waals surface area contributed by atoms with Crippen LogP contribution >= 0.6 is 0 Å². The largest absolute Gasteiger partial charge is 0.303 e. The van der Waals surface area contributed by atoms with Gasteiger partial charge in [-0.25, -0.2) is 0 Å². The molecule has 1 saturated heterocycles. The van der Waals surface area contributed by atoms with E-state index >= 15 is 0 Å². The third-order valence-electron chi connectivity index (χ3n) is 4.66. The van der Waals surface area contributed by atoms with E-state index in [1.54, 1.807) is 11.1 Å². The van der Waals surface area contributed by atoms with E-state index in [0.717, 1.165) is 12.6 Å². The molecule has 18 heavy (non-hydrogen) atoms. The van der Waals surface area contributed by atoms with Crippen molar-refractivity contribution in [3.63, 3.8) is 0 Å². The summed E-state index contributed by atoms with van der Waals surface area (Å²) in [5.74, 6) is 0. The van der Waals surface area contributed by atoms with Gasteiger partial charge in [0.1, 0.15) is 0 Å². The molecule has 3 rings (SSSR count). The first-order chi connectivity index (χ1) is 8.83. The zero-order valence-electron chi connectivity index (χ0n) is 11.4. The number of rotatable bonds is 3. The van der Waals surface area contributed by atoms with Crippen LogP contribution in [0.15, 0.2) is 24.3 Å². The Bertz CT molecular complexity index is 402. The standard InChI is InChI=1S/C16H24N2/c1-17-10-4-7-16(17)9-12-18-11-8-14-5-2-3-6-15(14)13-18/h2-3,5-6,16H,4,7-13H2,1H3. The Morgan fingerprint density at radius 3 is 2.78 bits per heavy atom. The fourth-order valence-electron chi connectivity index (χ4n) is 3.42. The van der Waals surface area contributed by atoms with Crippen LogP contribution in [0.3, 0.4) is 0 Å². The van der Waals surface area contributed by atoms with Gasteiger partial charge in [0.25, 0.3) is 0 Å². The zero-order valence-corrected chi connectivity index (χ0v) is 11.4. The maximum Gasteiger partial charge on any atom is 0.0236 e. The van der Waals surface area contributed by atoms with Gasteiger partial charge in [0.2, 0.25) is 0 Å². The van der Waals surface area contributed by atoms with E-state index < -0.39 is 0 Å². The van der Waals surface area contributed by atoms with Crippen LogP contribution < -0.4 is 0 Å². The second kappa shape index (κ2) is 5.41. The second-order valence-corrected chi connectivity index (χ2v) is 5.86. The molecule has 0 N–H and O–H groups in total. The lowest BCUT2D eigenvalue weighted by atomic mass is 9.99. The normalized spacial score (nSPS) is 25.3. The Kier molecular flexibility index (Phi) is 3.67. The molecule has 0 spiro atoms. The van der Waals surface area contributed by atoms with Gasteiger partial charge in [-0.2, -0.15) is 0 Å². The molecule has 0 bridgehead atoms. The molecule has 0 radical (unpaired) electrons. The Labute approximate surface area is 111 Å². The van der Waals surface area contributed by atoms with Gasteiger partial charge in [-0.1, -0.05) is 24.3 Å². The van der Waals surface area contributed by atoms with Crippen LogP contribution in [0.1, 0.15) is 30.4 Å².